The Balaban J connectivity index is 1.35. The summed E-state index contributed by atoms with van der Waals surface area (Å²) in [6.45, 7) is 7.96. The van der Waals surface area contributed by atoms with Crippen molar-refractivity contribution in [3.8, 4) is 0 Å². The quantitative estimate of drug-likeness (QED) is 0.833. The number of aromatic nitrogens is 1. The molecule has 21 heavy (non-hydrogen) atoms. The van der Waals surface area contributed by atoms with Crippen LogP contribution >= 0.6 is 0 Å². The maximum Gasteiger partial charge on any atom is 0.234 e. The van der Waals surface area contributed by atoms with E-state index in [4.69, 9.17) is 4.52 Å². The first-order valence-corrected chi connectivity index (χ1v) is 7.82. The van der Waals surface area contributed by atoms with Gasteiger partial charge >= 0.3 is 0 Å². The molecule has 0 aromatic carbocycles. The third kappa shape index (κ3) is 4.54. The van der Waals surface area contributed by atoms with Gasteiger partial charge in [0.2, 0.25) is 5.91 Å². The van der Waals surface area contributed by atoms with Gasteiger partial charge in [0, 0.05) is 45.3 Å². The predicted molar refractivity (Wildman–Crippen MR) is 78.7 cm³/mol. The summed E-state index contributed by atoms with van der Waals surface area (Å²) >= 11 is 0. The van der Waals surface area contributed by atoms with Crippen LogP contribution in [0.4, 0.5) is 0 Å². The highest BCUT2D eigenvalue weighted by atomic mass is 16.5. The van der Waals surface area contributed by atoms with Crippen LogP contribution in [0.5, 0.6) is 0 Å². The number of aryl methyl sites for hydroxylation is 1. The molecule has 2 fully saturated rings. The standard InChI is InChI=1S/C15H24N4O2/c1-12-8-14(17-21-12)10-18-4-6-19(7-5-18)11-15(20)16-9-13-2-3-13/h8,13H,2-7,9-11H2,1H3,(H,16,20). The van der Waals surface area contributed by atoms with Crippen LogP contribution in [0.15, 0.2) is 10.6 Å². The predicted octanol–water partition coefficient (Wildman–Crippen LogP) is 0.627. The Morgan fingerprint density at radius 3 is 2.67 bits per heavy atom. The molecule has 0 spiro atoms. The van der Waals surface area contributed by atoms with E-state index in [0.717, 1.165) is 56.6 Å². The van der Waals surface area contributed by atoms with Gasteiger partial charge in [-0.25, -0.2) is 0 Å². The van der Waals surface area contributed by atoms with E-state index in [1.807, 2.05) is 13.0 Å². The fraction of sp³-hybridized carbons (Fsp3) is 0.733. The number of hydrogen-bond acceptors (Lipinski definition) is 5. The molecule has 1 amide bonds. The van der Waals surface area contributed by atoms with Crippen molar-refractivity contribution in [2.75, 3.05) is 39.3 Å². The van der Waals surface area contributed by atoms with Gasteiger partial charge < -0.3 is 9.84 Å². The lowest BCUT2D eigenvalue weighted by atomic mass is 10.2. The maximum absolute atomic E-state index is 11.8. The number of rotatable bonds is 6. The summed E-state index contributed by atoms with van der Waals surface area (Å²) < 4.78 is 5.09. The second-order valence-corrected chi connectivity index (χ2v) is 6.23. The smallest absolute Gasteiger partial charge is 0.234 e. The summed E-state index contributed by atoms with van der Waals surface area (Å²) in [4.78, 5) is 16.4. The lowest BCUT2D eigenvalue weighted by molar-refractivity contribution is -0.122. The third-order valence-corrected chi connectivity index (χ3v) is 4.18. The SMILES string of the molecule is Cc1cc(CN2CCN(CC(=O)NCC3CC3)CC2)no1. The first-order chi connectivity index (χ1) is 10.2. The molecule has 0 atom stereocenters. The summed E-state index contributed by atoms with van der Waals surface area (Å²) in [5.74, 6) is 1.77. The molecule has 0 bridgehead atoms. The van der Waals surface area contributed by atoms with E-state index in [2.05, 4.69) is 20.3 Å². The second kappa shape index (κ2) is 6.58. The van der Waals surface area contributed by atoms with Crippen molar-refractivity contribution in [1.82, 2.24) is 20.3 Å². The largest absolute Gasteiger partial charge is 0.361 e. The third-order valence-electron chi connectivity index (χ3n) is 4.18. The summed E-state index contributed by atoms with van der Waals surface area (Å²) in [7, 11) is 0. The van der Waals surface area contributed by atoms with Crippen LogP contribution in [0.2, 0.25) is 0 Å². The number of nitrogens with one attached hydrogen (secondary N) is 1. The number of carbonyl (C=O) groups excluding carboxylic acids is 1. The van der Waals surface area contributed by atoms with Gasteiger partial charge in [-0.05, 0) is 25.7 Å². The van der Waals surface area contributed by atoms with Crippen LogP contribution in [0, 0.1) is 12.8 Å². The van der Waals surface area contributed by atoms with Crippen molar-refractivity contribution in [3.05, 3.63) is 17.5 Å². The van der Waals surface area contributed by atoms with Crippen LogP contribution in [-0.4, -0.2) is 60.1 Å². The van der Waals surface area contributed by atoms with E-state index in [-0.39, 0.29) is 5.91 Å². The number of amides is 1. The van der Waals surface area contributed by atoms with Crippen molar-refractivity contribution < 1.29 is 9.32 Å². The molecule has 2 heterocycles. The Hall–Kier alpha value is -1.40. The van der Waals surface area contributed by atoms with Crippen molar-refractivity contribution in [3.63, 3.8) is 0 Å². The molecule has 2 aliphatic rings. The van der Waals surface area contributed by atoms with Crippen molar-refractivity contribution in [1.29, 1.82) is 0 Å². The first kappa shape index (κ1) is 14.5. The number of piperazine rings is 1. The van der Waals surface area contributed by atoms with E-state index >= 15 is 0 Å². The van der Waals surface area contributed by atoms with E-state index in [1.165, 1.54) is 12.8 Å². The van der Waals surface area contributed by atoms with Crippen molar-refractivity contribution in [2.24, 2.45) is 5.92 Å². The minimum atomic E-state index is 0.169. The molecule has 1 aliphatic carbocycles. The number of hydrogen-bond donors (Lipinski definition) is 1. The normalized spacial score (nSPS) is 20.6. The molecule has 0 radical (unpaired) electrons. The molecule has 1 N–H and O–H groups in total. The Bertz CT molecular complexity index is 476. The zero-order valence-corrected chi connectivity index (χ0v) is 12.7. The van der Waals surface area contributed by atoms with Gasteiger partial charge in [0.05, 0.1) is 12.2 Å². The van der Waals surface area contributed by atoms with Crippen LogP contribution in [0.25, 0.3) is 0 Å². The van der Waals surface area contributed by atoms with Crippen LogP contribution in [-0.2, 0) is 11.3 Å². The van der Waals surface area contributed by atoms with Gasteiger partial charge in [0.25, 0.3) is 0 Å². The molecule has 1 saturated heterocycles. The molecule has 3 rings (SSSR count). The Kier molecular flexibility index (Phi) is 4.55. The molecule has 0 unspecified atom stereocenters. The highest BCUT2D eigenvalue weighted by Gasteiger charge is 2.23. The van der Waals surface area contributed by atoms with E-state index in [0.29, 0.717) is 6.54 Å². The Labute approximate surface area is 125 Å². The first-order valence-electron chi connectivity index (χ1n) is 7.82. The van der Waals surface area contributed by atoms with Crippen LogP contribution < -0.4 is 5.32 Å². The summed E-state index contributed by atoms with van der Waals surface area (Å²) in [5, 5.41) is 7.06. The van der Waals surface area contributed by atoms with E-state index in [9.17, 15) is 4.79 Å². The van der Waals surface area contributed by atoms with Gasteiger partial charge in [-0.3, -0.25) is 14.6 Å². The lowest BCUT2D eigenvalue weighted by Crippen LogP contribution is -2.49. The monoisotopic (exact) mass is 292 g/mol. The average Bonchev–Trinajstić information content (AvgIpc) is 3.21. The number of nitrogens with zero attached hydrogens (tertiary/aromatic N) is 3. The van der Waals surface area contributed by atoms with Crippen molar-refractivity contribution >= 4 is 5.91 Å². The van der Waals surface area contributed by atoms with E-state index < -0.39 is 0 Å². The fourth-order valence-corrected chi connectivity index (χ4v) is 2.67. The summed E-state index contributed by atoms with van der Waals surface area (Å²) in [5.41, 5.74) is 0.989. The molecule has 1 aromatic heterocycles. The van der Waals surface area contributed by atoms with Crippen LogP contribution in [0.1, 0.15) is 24.3 Å². The highest BCUT2D eigenvalue weighted by molar-refractivity contribution is 5.78. The minimum absolute atomic E-state index is 0.169. The molecule has 6 nitrogen and oxygen atoms in total. The molecular weight excluding hydrogens is 268 g/mol. The lowest BCUT2D eigenvalue weighted by Gasteiger charge is -2.33. The van der Waals surface area contributed by atoms with Crippen molar-refractivity contribution in [2.45, 2.75) is 26.3 Å². The summed E-state index contributed by atoms with van der Waals surface area (Å²) in [6, 6.07) is 1.98. The average molecular weight is 292 g/mol. The molecule has 1 saturated carbocycles. The molecule has 6 heteroatoms. The molecular formula is C15H24N4O2. The van der Waals surface area contributed by atoms with Gasteiger partial charge in [0.1, 0.15) is 5.76 Å². The van der Waals surface area contributed by atoms with Gasteiger partial charge in [-0.15, -0.1) is 0 Å². The Morgan fingerprint density at radius 1 is 1.33 bits per heavy atom. The molecule has 1 aromatic rings. The van der Waals surface area contributed by atoms with Gasteiger partial charge in [-0.1, -0.05) is 5.16 Å². The maximum atomic E-state index is 11.8. The molecule has 1 aliphatic heterocycles. The van der Waals surface area contributed by atoms with Crippen LogP contribution in [0.3, 0.4) is 0 Å². The van der Waals surface area contributed by atoms with Gasteiger partial charge in [0.15, 0.2) is 0 Å². The van der Waals surface area contributed by atoms with E-state index in [1.54, 1.807) is 0 Å². The number of carbonyl (C=O) groups is 1. The zero-order chi connectivity index (χ0) is 14.7. The topological polar surface area (TPSA) is 61.6 Å². The minimum Gasteiger partial charge on any atom is -0.361 e. The summed E-state index contributed by atoms with van der Waals surface area (Å²) in [6.07, 6.45) is 2.56. The zero-order valence-electron chi connectivity index (χ0n) is 12.7. The highest BCUT2D eigenvalue weighted by Crippen LogP contribution is 2.27. The molecule has 116 valence electrons. The second-order valence-electron chi connectivity index (χ2n) is 6.23. The Morgan fingerprint density at radius 2 is 2.05 bits per heavy atom. The van der Waals surface area contributed by atoms with Gasteiger partial charge in [-0.2, -0.15) is 0 Å². The fourth-order valence-electron chi connectivity index (χ4n) is 2.67.